The first-order chi connectivity index (χ1) is 15.0. The number of para-hydroxylation sites is 1. The highest BCUT2D eigenvalue weighted by molar-refractivity contribution is 7.99. The zero-order chi connectivity index (χ0) is 21.8. The first-order valence-corrected chi connectivity index (χ1v) is 11.4. The first-order valence-electron chi connectivity index (χ1n) is 10.1. The van der Waals surface area contributed by atoms with Crippen LogP contribution in [-0.2, 0) is 11.3 Å². The lowest BCUT2D eigenvalue weighted by Crippen LogP contribution is -2.19. The number of aromatic nitrogens is 3. The Balaban J connectivity index is 1.39. The SMILES string of the molecule is CCn1c(SCC(=O)Nc2ccccc2C(=O)Nc2ccc(Cl)cc2)nnc1C1CC1. The largest absolute Gasteiger partial charge is 0.325 e. The maximum Gasteiger partial charge on any atom is 0.257 e. The summed E-state index contributed by atoms with van der Waals surface area (Å²) in [6.45, 7) is 2.82. The number of carbonyl (C=O) groups excluding carboxylic acids is 2. The zero-order valence-electron chi connectivity index (χ0n) is 17.0. The van der Waals surface area contributed by atoms with E-state index in [-0.39, 0.29) is 17.6 Å². The lowest BCUT2D eigenvalue weighted by atomic mass is 10.1. The van der Waals surface area contributed by atoms with Gasteiger partial charge in [0.05, 0.1) is 17.0 Å². The number of halogens is 1. The third kappa shape index (κ3) is 5.26. The molecule has 2 aromatic carbocycles. The van der Waals surface area contributed by atoms with Gasteiger partial charge < -0.3 is 15.2 Å². The molecule has 31 heavy (non-hydrogen) atoms. The van der Waals surface area contributed by atoms with E-state index in [0.29, 0.717) is 27.9 Å². The Morgan fingerprint density at radius 2 is 1.84 bits per heavy atom. The molecule has 0 aliphatic heterocycles. The van der Waals surface area contributed by atoms with Crippen LogP contribution in [0.25, 0.3) is 0 Å². The number of rotatable bonds is 8. The van der Waals surface area contributed by atoms with Crippen molar-refractivity contribution in [3.63, 3.8) is 0 Å². The second kappa shape index (κ2) is 9.53. The Morgan fingerprint density at radius 1 is 1.10 bits per heavy atom. The van der Waals surface area contributed by atoms with E-state index in [0.717, 1.165) is 30.4 Å². The molecule has 3 aromatic rings. The molecule has 1 aromatic heterocycles. The molecule has 4 rings (SSSR count). The van der Waals surface area contributed by atoms with E-state index in [2.05, 4.69) is 32.3 Å². The van der Waals surface area contributed by atoms with Crippen molar-refractivity contribution in [2.75, 3.05) is 16.4 Å². The number of amides is 2. The third-order valence-electron chi connectivity index (χ3n) is 4.88. The lowest BCUT2D eigenvalue weighted by Gasteiger charge is -2.12. The molecule has 0 bridgehead atoms. The number of nitrogens with one attached hydrogen (secondary N) is 2. The first kappa shape index (κ1) is 21.4. The van der Waals surface area contributed by atoms with Gasteiger partial charge in [-0.3, -0.25) is 9.59 Å². The van der Waals surface area contributed by atoms with E-state index < -0.39 is 0 Å². The molecule has 1 fully saturated rings. The molecule has 0 unspecified atom stereocenters. The van der Waals surface area contributed by atoms with Crippen molar-refractivity contribution in [3.05, 3.63) is 64.9 Å². The van der Waals surface area contributed by atoms with Gasteiger partial charge in [-0.15, -0.1) is 10.2 Å². The molecule has 9 heteroatoms. The highest BCUT2D eigenvalue weighted by atomic mass is 35.5. The molecule has 0 saturated heterocycles. The van der Waals surface area contributed by atoms with Crippen LogP contribution in [0.2, 0.25) is 5.02 Å². The van der Waals surface area contributed by atoms with Crippen LogP contribution in [-0.4, -0.2) is 32.3 Å². The molecule has 2 amide bonds. The van der Waals surface area contributed by atoms with Crippen LogP contribution >= 0.6 is 23.4 Å². The summed E-state index contributed by atoms with van der Waals surface area (Å²) in [6.07, 6.45) is 2.30. The molecule has 0 spiro atoms. The van der Waals surface area contributed by atoms with Gasteiger partial charge in [-0.25, -0.2) is 0 Å². The van der Waals surface area contributed by atoms with E-state index >= 15 is 0 Å². The molecule has 2 N–H and O–H groups in total. The fourth-order valence-electron chi connectivity index (χ4n) is 3.19. The van der Waals surface area contributed by atoms with Gasteiger partial charge in [0.15, 0.2) is 5.16 Å². The van der Waals surface area contributed by atoms with Crippen molar-refractivity contribution in [1.29, 1.82) is 0 Å². The summed E-state index contributed by atoms with van der Waals surface area (Å²) in [6, 6.07) is 13.7. The van der Waals surface area contributed by atoms with Crippen LogP contribution < -0.4 is 10.6 Å². The molecule has 0 radical (unpaired) electrons. The topological polar surface area (TPSA) is 88.9 Å². The maximum absolute atomic E-state index is 12.7. The van der Waals surface area contributed by atoms with Gasteiger partial charge in [0, 0.05) is 23.2 Å². The minimum atomic E-state index is -0.314. The van der Waals surface area contributed by atoms with E-state index in [1.165, 1.54) is 11.8 Å². The molecule has 1 aliphatic rings. The van der Waals surface area contributed by atoms with Gasteiger partial charge in [0.2, 0.25) is 5.91 Å². The summed E-state index contributed by atoms with van der Waals surface area (Å²) < 4.78 is 2.07. The number of nitrogens with zero attached hydrogens (tertiary/aromatic N) is 3. The third-order valence-corrected chi connectivity index (χ3v) is 6.10. The van der Waals surface area contributed by atoms with Crippen molar-refractivity contribution in [1.82, 2.24) is 14.8 Å². The number of hydrogen-bond donors (Lipinski definition) is 2. The second-order valence-electron chi connectivity index (χ2n) is 7.20. The highest BCUT2D eigenvalue weighted by Gasteiger charge is 2.30. The smallest absolute Gasteiger partial charge is 0.257 e. The van der Waals surface area contributed by atoms with E-state index in [1.807, 2.05) is 0 Å². The fourth-order valence-corrected chi connectivity index (χ4v) is 4.12. The van der Waals surface area contributed by atoms with Crippen molar-refractivity contribution in [2.45, 2.75) is 37.4 Å². The van der Waals surface area contributed by atoms with Gasteiger partial charge in [-0.1, -0.05) is 35.5 Å². The van der Waals surface area contributed by atoms with Crippen LogP contribution in [0.1, 0.15) is 41.9 Å². The molecule has 1 saturated carbocycles. The van der Waals surface area contributed by atoms with Gasteiger partial charge in [0.1, 0.15) is 5.82 Å². The van der Waals surface area contributed by atoms with Crippen LogP contribution in [0.5, 0.6) is 0 Å². The highest BCUT2D eigenvalue weighted by Crippen LogP contribution is 2.40. The van der Waals surface area contributed by atoms with E-state index in [9.17, 15) is 9.59 Å². The second-order valence-corrected chi connectivity index (χ2v) is 8.58. The molecule has 1 aliphatic carbocycles. The number of thioether (sulfide) groups is 1. The molecule has 0 atom stereocenters. The average molecular weight is 456 g/mol. The fraction of sp³-hybridized carbons (Fsp3) is 0.273. The zero-order valence-corrected chi connectivity index (χ0v) is 18.5. The van der Waals surface area contributed by atoms with E-state index in [4.69, 9.17) is 11.6 Å². The quantitative estimate of drug-likeness (QED) is 0.476. The molecule has 7 nitrogen and oxygen atoms in total. The number of carbonyl (C=O) groups is 2. The van der Waals surface area contributed by atoms with Gasteiger partial charge >= 0.3 is 0 Å². The van der Waals surface area contributed by atoms with Crippen LogP contribution in [0.3, 0.4) is 0 Å². The minimum absolute atomic E-state index is 0.177. The van der Waals surface area contributed by atoms with Crippen molar-refractivity contribution >= 4 is 46.6 Å². The lowest BCUT2D eigenvalue weighted by molar-refractivity contribution is -0.113. The van der Waals surface area contributed by atoms with Crippen molar-refractivity contribution < 1.29 is 9.59 Å². The van der Waals surface area contributed by atoms with Gasteiger partial charge in [-0.05, 0) is 56.2 Å². The summed E-state index contributed by atoms with van der Waals surface area (Å²) in [5.41, 5.74) is 1.45. The average Bonchev–Trinajstić information content (AvgIpc) is 3.53. The summed E-state index contributed by atoms with van der Waals surface area (Å²) in [7, 11) is 0. The number of hydrogen-bond acceptors (Lipinski definition) is 5. The maximum atomic E-state index is 12.7. The summed E-state index contributed by atoms with van der Waals surface area (Å²) in [5, 5.41) is 15.5. The Bertz CT molecular complexity index is 1100. The van der Waals surface area contributed by atoms with Crippen molar-refractivity contribution in [2.24, 2.45) is 0 Å². The molecular formula is C22H22ClN5O2S. The predicted molar refractivity (Wildman–Crippen MR) is 123 cm³/mol. The van der Waals surface area contributed by atoms with Crippen molar-refractivity contribution in [3.8, 4) is 0 Å². The Labute approximate surface area is 189 Å². The number of anilines is 2. The standard InChI is InChI=1S/C22H22ClN5O2S/c1-2-28-20(14-7-8-14)26-27-22(28)31-13-19(29)25-18-6-4-3-5-17(18)21(30)24-16-11-9-15(23)10-12-16/h3-6,9-12,14H,2,7-8,13H2,1H3,(H,24,30)(H,25,29). The van der Waals surface area contributed by atoms with Gasteiger partial charge in [-0.2, -0.15) is 0 Å². The van der Waals surface area contributed by atoms with Crippen LogP contribution in [0, 0.1) is 0 Å². The Kier molecular flexibility index (Phi) is 6.58. The Morgan fingerprint density at radius 3 is 2.55 bits per heavy atom. The monoisotopic (exact) mass is 455 g/mol. The normalized spacial score (nSPS) is 13.1. The summed E-state index contributed by atoms with van der Waals surface area (Å²) >= 11 is 7.24. The molecular weight excluding hydrogens is 434 g/mol. The van der Waals surface area contributed by atoms with E-state index in [1.54, 1.807) is 48.5 Å². The summed E-state index contributed by atoms with van der Waals surface area (Å²) in [5.74, 6) is 1.16. The Hall–Kier alpha value is -2.84. The van der Waals surface area contributed by atoms with Crippen LogP contribution in [0.15, 0.2) is 53.7 Å². The summed E-state index contributed by atoms with van der Waals surface area (Å²) in [4.78, 5) is 25.3. The molecule has 1 heterocycles. The minimum Gasteiger partial charge on any atom is -0.325 e. The van der Waals surface area contributed by atoms with Gasteiger partial charge in [0.25, 0.3) is 5.91 Å². The number of benzene rings is 2. The van der Waals surface area contributed by atoms with Crippen LogP contribution in [0.4, 0.5) is 11.4 Å². The molecule has 160 valence electrons. The predicted octanol–water partition coefficient (Wildman–Crippen LogP) is 4.81.